The summed E-state index contributed by atoms with van der Waals surface area (Å²) >= 11 is 5.80. The molecule has 0 saturated carbocycles. The zero-order valence-electron chi connectivity index (χ0n) is 10.0. The van der Waals surface area contributed by atoms with Crippen LogP contribution in [0.25, 0.3) is 0 Å². The fraction of sp³-hybridized carbons (Fsp3) is 0.385. The molecule has 0 aromatic heterocycles. The fourth-order valence-corrected chi connectivity index (χ4v) is 2.32. The molecule has 1 fully saturated rings. The van der Waals surface area contributed by atoms with Gasteiger partial charge in [-0.3, -0.25) is 10.2 Å². The van der Waals surface area contributed by atoms with Crippen molar-refractivity contribution in [2.75, 3.05) is 13.1 Å². The Bertz CT molecular complexity index is 458. The lowest BCUT2D eigenvalue weighted by molar-refractivity contribution is 0.0702. The molecule has 2 rings (SSSR count). The highest BCUT2D eigenvalue weighted by Gasteiger charge is 2.25. The SMILES string of the molecule is N=C(N)[C@@H]1CCCN(C(=O)c2ccc(Cl)cc2)C1. The highest BCUT2D eigenvalue weighted by Crippen LogP contribution is 2.19. The van der Waals surface area contributed by atoms with Crippen molar-refractivity contribution in [1.29, 1.82) is 5.41 Å². The second kappa shape index (κ2) is 5.40. The van der Waals surface area contributed by atoms with Crippen LogP contribution in [0.15, 0.2) is 24.3 Å². The van der Waals surface area contributed by atoms with Crippen LogP contribution in [-0.4, -0.2) is 29.7 Å². The van der Waals surface area contributed by atoms with Gasteiger partial charge in [0, 0.05) is 29.6 Å². The van der Waals surface area contributed by atoms with Gasteiger partial charge in [-0.25, -0.2) is 0 Å². The lowest BCUT2D eigenvalue weighted by atomic mass is 9.96. The number of nitrogens with zero attached hydrogens (tertiary/aromatic N) is 1. The number of amidine groups is 1. The van der Waals surface area contributed by atoms with Crippen LogP contribution in [0.3, 0.4) is 0 Å². The molecule has 1 aliphatic heterocycles. The molecule has 0 unspecified atom stereocenters. The van der Waals surface area contributed by atoms with E-state index in [1.54, 1.807) is 29.2 Å². The zero-order chi connectivity index (χ0) is 13.1. The minimum absolute atomic E-state index is 0.00463. The largest absolute Gasteiger partial charge is 0.387 e. The number of nitrogens with two attached hydrogens (primary N) is 1. The van der Waals surface area contributed by atoms with Crippen LogP contribution in [0.5, 0.6) is 0 Å². The van der Waals surface area contributed by atoms with Gasteiger partial charge < -0.3 is 10.6 Å². The lowest BCUT2D eigenvalue weighted by Crippen LogP contribution is -2.43. The zero-order valence-corrected chi connectivity index (χ0v) is 10.8. The van der Waals surface area contributed by atoms with E-state index in [4.69, 9.17) is 22.7 Å². The molecule has 5 heteroatoms. The van der Waals surface area contributed by atoms with E-state index >= 15 is 0 Å². The van der Waals surface area contributed by atoms with Crippen molar-refractivity contribution >= 4 is 23.3 Å². The van der Waals surface area contributed by atoms with Crippen molar-refractivity contribution in [2.24, 2.45) is 11.7 Å². The maximum absolute atomic E-state index is 12.3. The summed E-state index contributed by atoms with van der Waals surface area (Å²) in [4.78, 5) is 14.0. The Balaban J connectivity index is 2.09. The highest BCUT2D eigenvalue weighted by molar-refractivity contribution is 6.30. The van der Waals surface area contributed by atoms with E-state index in [2.05, 4.69) is 0 Å². The molecule has 18 heavy (non-hydrogen) atoms. The predicted octanol–water partition coefficient (Wildman–Crippen LogP) is 2.13. The van der Waals surface area contributed by atoms with Gasteiger partial charge in [-0.2, -0.15) is 0 Å². The second-order valence-corrected chi connectivity index (χ2v) is 4.99. The van der Waals surface area contributed by atoms with Crippen molar-refractivity contribution in [1.82, 2.24) is 4.90 Å². The van der Waals surface area contributed by atoms with Crippen LogP contribution in [-0.2, 0) is 0 Å². The summed E-state index contributed by atoms with van der Waals surface area (Å²) in [6.45, 7) is 1.27. The highest BCUT2D eigenvalue weighted by atomic mass is 35.5. The van der Waals surface area contributed by atoms with Gasteiger partial charge in [0.1, 0.15) is 0 Å². The summed E-state index contributed by atoms with van der Waals surface area (Å²) in [5.41, 5.74) is 6.14. The molecule has 1 heterocycles. The van der Waals surface area contributed by atoms with Crippen LogP contribution in [0.1, 0.15) is 23.2 Å². The number of hydrogen-bond donors (Lipinski definition) is 2. The number of amides is 1. The Morgan fingerprint density at radius 3 is 2.67 bits per heavy atom. The number of likely N-dealkylation sites (tertiary alicyclic amines) is 1. The van der Waals surface area contributed by atoms with E-state index in [1.807, 2.05) is 0 Å². The monoisotopic (exact) mass is 265 g/mol. The van der Waals surface area contributed by atoms with Crippen molar-refractivity contribution in [3.63, 3.8) is 0 Å². The van der Waals surface area contributed by atoms with Gasteiger partial charge in [-0.05, 0) is 37.1 Å². The molecule has 1 saturated heterocycles. The summed E-state index contributed by atoms with van der Waals surface area (Å²) < 4.78 is 0. The first-order valence-corrected chi connectivity index (χ1v) is 6.34. The number of benzene rings is 1. The first-order chi connectivity index (χ1) is 8.58. The molecule has 3 N–H and O–H groups in total. The number of rotatable bonds is 2. The van der Waals surface area contributed by atoms with Gasteiger partial charge in [-0.1, -0.05) is 11.6 Å². The van der Waals surface area contributed by atoms with Gasteiger partial charge in [-0.15, -0.1) is 0 Å². The molecule has 4 nitrogen and oxygen atoms in total. The normalized spacial score (nSPS) is 19.6. The third-order valence-corrected chi connectivity index (χ3v) is 3.49. The number of hydrogen-bond acceptors (Lipinski definition) is 2. The van der Waals surface area contributed by atoms with Crippen molar-refractivity contribution in [2.45, 2.75) is 12.8 Å². The average molecular weight is 266 g/mol. The molecule has 1 amide bonds. The molecular formula is C13H16ClN3O. The van der Waals surface area contributed by atoms with Crippen LogP contribution in [0.2, 0.25) is 5.02 Å². The Hall–Kier alpha value is -1.55. The smallest absolute Gasteiger partial charge is 0.253 e. The van der Waals surface area contributed by atoms with E-state index in [-0.39, 0.29) is 17.7 Å². The average Bonchev–Trinajstić information content (AvgIpc) is 2.39. The van der Waals surface area contributed by atoms with E-state index in [0.29, 0.717) is 17.1 Å². The first kappa shape index (κ1) is 12.9. The van der Waals surface area contributed by atoms with E-state index in [1.165, 1.54) is 0 Å². The summed E-state index contributed by atoms with van der Waals surface area (Å²) in [6, 6.07) is 6.87. The first-order valence-electron chi connectivity index (χ1n) is 5.96. The molecule has 0 radical (unpaired) electrons. The number of nitrogens with one attached hydrogen (secondary N) is 1. The molecular weight excluding hydrogens is 250 g/mol. The van der Waals surface area contributed by atoms with Gasteiger partial charge in [0.2, 0.25) is 0 Å². The molecule has 1 aromatic rings. The van der Waals surface area contributed by atoms with Crippen molar-refractivity contribution in [3.8, 4) is 0 Å². The maximum atomic E-state index is 12.3. The number of halogens is 1. The Labute approximate surface area is 111 Å². The van der Waals surface area contributed by atoms with Crippen LogP contribution in [0, 0.1) is 11.3 Å². The summed E-state index contributed by atoms with van der Waals surface area (Å²) in [7, 11) is 0. The van der Waals surface area contributed by atoms with Gasteiger partial charge >= 0.3 is 0 Å². The van der Waals surface area contributed by atoms with E-state index in [0.717, 1.165) is 19.4 Å². The second-order valence-electron chi connectivity index (χ2n) is 4.55. The predicted molar refractivity (Wildman–Crippen MR) is 72.0 cm³/mol. The van der Waals surface area contributed by atoms with Crippen LogP contribution in [0.4, 0.5) is 0 Å². The van der Waals surface area contributed by atoms with Crippen molar-refractivity contribution in [3.05, 3.63) is 34.9 Å². The Kier molecular flexibility index (Phi) is 3.87. The van der Waals surface area contributed by atoms with Gasteiger partial charge in [0.05, 0.1) is 5.84 Å². The molecule has 1 atom stereocenters. The molecule has 96 valence electrons. The Morgan fingerprint density at radius 2 is 2.06 bits per heavy atom. The van der Waals surface area contributed by atoms with Crippen LogP contribution < -0.4 is 5.73 Å². The summed E-state index contributed by atoms with van der Waals surface area (Å²) in [5, 5.41) is 8.09. The topological polar surface area (TPSA) is 70.2 Å². The van der Waals surface area contributed by atoms with E-state index < -0.39 is 0 Å². The van der Waals surface area contributed by atoms with E-state index in [9.17, 15) is 4.79 Å². The van der Waals surface area contributed by atoms with Crippen molar-refractivity contribution < 1.29 is 4.79 Å². The quantitative estimate of drug-likeness (QED) is 0.635. The number of carbonyl (C=O) groups is 1. The van der Waals surface area contributed by atoms with Gasteiger partial charge in [0.25, 0.3) is 5.91 Å². The van der Waals surface area contributed by atoms with Gasteiger partial charge in [0.15, 0.2) is 0 Å². The Morgan fingerprint density at radius 1 is 1.39 bits per heavy atom. The third-order valence-electron chi connectivity index (χ3n) is 3.24. The summed E-state index contributed by atoms with van der Waals surface area (Å²) in [5.74, 6) is 0.149. The maximum Gasteiger partial charge on any atom is 0.253 e. The molecule has 0 bridgehead atoms. The third kappa shape index (κ3) is 2.82. The molecule has 1 aromatic carbocycles. The number of carbonyl (C=O) groups excluding carboxylic acids is 1. The summed E-state index contributed by atoms with van der Waals surface area (Å²) in [6.07, 6.45) is 1.78. The molecule has 0 spiro atoms. The fourth-order valence-electron chi connectivity index (χ4n) is 2.19. The number of piperidine rings is 1. The van der Waals surface area contributed by atoms with Crippen LogP contribution >= 0.6 is 11.6 Å². The minimum Gasteiger partial charge on any atom is -0.387 e. The molecule has 0 aliphatic carbocycles. The lowest BCUT2D eigenvalue weighted by Gasteiger charge is -2.32. The minimum atomic E-state index is -0.0161. The standard InChI is InChI=1S/C13H16ClN3O/c14-11-5-3-9(4-6-11)13(18)17-7-1-2-10(8-17)12(15)16/h3-6,10H,1-2,7-8H2,(H3,15,16)/t10-/m1/s1. The molecule has 1 aliphatic rings.